The Morgan fingerprint density at radius 1 is 0.440 bits per heavy atom. The van der Waals surface area contributed by atoms with E-state index in [1.54, 1.807) is 19.1 Å². The monoisotopic (exact) mass is 1610 g/mol. The topological polar surface area (TPSA) is 337 Å². The number of nitrogens with one attached hydrogen (secondary N) is 3. The molecule has 0 heterocycles. The third-order valence-electron chi connectivity index (χ3n) is 17.3. The minimum absolute atomic E-state index is 0. The lowest BCUT2D eigenvalue weighted by atomic mass is 10.0. The van der Waals surface area contributed by atoms with Gasteiger partial charge in [0.15, 0.2) is 11.6 Å². The van der Waals surface area contributed by atoms with Crippen LogP contribution >= 0.6 is 40.5 Å². The van der Waals surface area contributed by atoms with Gasteiger partial charge in [0.25, 0.3) is 0 Å². The Bertz CT molecular complexity index is 2390. The summed E-state index contributed by atoms with van der Waals surface area (Å²) >= 11 is 0. The van der Waals surface area contributed by atoms with Crippen molar-refractivity contribution in [3.63, 3.8) is 0 Å². The lowest BCUT2D eigenvalue weighted by Crippen LogP contribution is -2.48. The van der Waals surface area contributed by atoms with Gasteiger partial charge in [0.2, 0.25) is 35.4 Å². The number of ketones is 2. The summed E-state index contributed by atoms with van der Waals surface area (Å²) in [6, 6.07) is 7.05. The number of primary amides is 2. The molecule has 636 valence electrons. The maximum Gasteiger partial charge on any atom is 0.306 e. The van der Waals surface area contributed by atoms with E-state index >= 15 is 0 Å². The summed E-state index contributed by atoms with van der Waals surface area (Å²) in [6.45, 7) is 17.4. The number of Topliss-reactive ketones (excluding diaryl/α,β-unsaturated/α-hetero) is 1. The third-order valence-corrected chi connectivity index (χ3v) is 17.3. The molecular weight excluding hydrogens is 1460 g/mol. The largest absolute Gasteiger partial charge is 0.461 e. The van der Waals surface area contributed by atoms with Crippen LogP contribution in [0.2, 0.25) is 0 Å². The van der Waals surface area contributed by atoms with E-state index in [9.17, 15) is 43.2 Å². The van der Waals surface area contributed by atoms with Crippen LogP contribution < -0.4 is 27.4 Å². The number of allylic oxidation sites excluding steroid dienone is 1. The molecule has 7 N–H and O–H groups in total. The lowest BCUT2D eigenvalue weighted by molar-refractivity contribution is -0.148. The molecule has 0 fully saturated rings. The number of carbonyl (C=O) groups is 9. The molecule has 28 heteroatoms. The van der Waals surface area contributed by atoms with Gasteiger partial charge in [-0.25, -0.2) is 0 Å². The second kappa shape index (κ2) is 82.7. The van der Waals surface area contributed by atoms with Gasteiger partial charge in [-0.05, 0) is 58.1 Å². The molecule has 0 aliphatic heterocycles. The average molecular weight is 1610 g/mol. The lowest BCUT2D eigenvalue weighted by Gasteiger charge is -2.22. The fourth-order valence-electron chi connectivity index (χ4n) is 10.9. The number of nitrogens with two attached hydrogens (primary N) is 2. The van der Waals surface area contributed by atoms with Gasteiger partial charge >= 0.3 is 5.97 Å². The van der Waals surface area contributed by atoms with E-state index in [4.69, 9.17) is 58.8 Å². The first-order valence-corrected chi connectivity index (χ1v) is 40.3. The molecule has 0 aliphatic rings. The molecule has 1 unspecified atom stereocenters. The summed E-state index contributed by atoms with van der Waals surface area (Å²) in [7, 11) is 0. The van der Waals surface area contributed by atoms with Gasteiger partial charge in [0.1, 0.15) is 19.2 Å². The molecule has 0 aliphatic carbocycles. The van der Waals surface area contributed by atoms with E-state index in [0.29, 0.717) is 105 Å². The van der Waals surface area contributed by atoms with Gasteiger partial charge in [-0.2, -0.15) is 40.5 Å². The molecule has 1 rings (SSSR count). The van der Waals surface area contributed by atoms with E-state index in [0.717, 1.165) is 29.2 Å². The fourth-order valence-corrected chi connectivity index (χ4v) is 10.9. The molecule has 0 saturated carbocycles. The predicted molar refractivity (Wildman–Crippen MR) is 445 cm³/mol. The first-order valence-electron chi connectivity index (χ1n) is 40.3. The van der Waals surface area contributed by atoms with Crippen molar-refractivity contribution in [3.05, 3.63) is 48.0 Å². The van der Waals surface area contributed by atoms with Crippen LogP contribution in [0.1, 0.15) is 259 Å². The smallest absolute Gasteiger partial charge is 0.306 e. The Balaban J connectivity index is -0.00000129. The molecule has 4 atom stereocenters. The summed E-state index contributed by atoms with van der Waals surface area (Å²) in [6.07, 6.45) is 41.4. The van der Waals surface area contributed by atoms with E-state index in [1.165, 1.54) is 187 Å². The van der Waals surface area contributed by atoms with Crippen LogP contribution in [0, 0.1) is 5.92 Å². The van der Waals surface area contributed by atoms with Gasteiger partial charge < -0.3 is 79.7 Å². The number of benzene rings is 1. The molecule has 0 radical (unpaired) electrons. The van der Waals surface area contributed by atoms with Crippen LogP contribution in [0.4, 0.5) is 0 Å². The molecule has 1 aromatic rings. The summed E-state index contributed by atoms with van der Waals surface area (Å²) in [5.74, 6) is -5.95. The zero-order valence-electron chi connectivity index (χ0n) is 67.9. The second-order valence-corrected chi connectivity index (χ2v) is 27.1. The summed E-state index contributed by atoms with van der Waals surface area (Å²) in [5.41, 5.74) is 11.4. The maximum absolute atomic E-state index is 12.9. The van der Waals surface area contributed by atoms with E-state index < -0.39 is 72.4 Å². The highest BCUT2D eigenvalue weighted by Gasteiger charge is 2.26. The molecule has 25 nitrogen and oxygen atoms in total. The molecule has 6 amide bonds. The SMILES string of the molecule is CCCCCCCCCCCCCCCCC(C)OCCCCCCCCCCCCCC.CCNC(=O)CC[C@H](NC(=O)CCOCCOCCOCCOCCOCCOCCOCCOCCCC(=O)/C=C/C(=O)N(CC(N)=O)CC(=O)[C@H](C)NC(=O)[C@H](C)CC(=O)OCc1ccccc1)C(N)=O.S.S.S. The number of carbonyl (C=O) groups excluding carboxylic acids is 9. The van der Waals surface area contributed by atoms with Crippen molar-refractivity contribution in [2.24, 2.45) is 17.4 Å². The first kappa shape index (κ1) is 111. The van der Waals surface area contributed by atoms with Crippen molar-refractivity contribution < 1.29 is 90.5 Å². The average Bonchev–Trinajstić information content (AvgIpc) is 0.887. The van der Waals surface area contributed by atoms with E-state index in [-0.39, 0.29) is 111 Å². The molecule has 0 bridgehead atoms. The van der Waals surface area contributed by atoms with Gasteiger partial charge in [0.05, 0.1) is 124 Å². The van der Waals surface area contributed by atoms with Crippen LogP contribution in [0.25, 0.3) is 0 Å². The molecule has 0 saturated heterocycles. The van der Waals surface area contributed by atoms with Crippen molar-refractivity contribution in [2.75, 3.05) is 132 Å². The number of rotatable bonds is 76. The third kappa shape index (κ3) is 75.7. The zero-order chi connectivity index (χ0) is 78.0. The summed E-state index contributed by atoms with van der Waals surface area (Å²) < 4.78 is 54.9. The quantitative estimate of drug-likeness (QED) is 0.0230. The molecule has 0 spiro atoms. The summed E-state index contributed by atoms with van der Waals surface area (Å²) in [4.78, 5) is 111. The van der Waals surface area contributed by atoms with Crippen molar-refractivity contribution in [2.45, 2.75) is 278 Å². The first-order chi connectivity index (χ1) is 51.4. The number of hydrogen-bond acceptors (Lipinski definition) is 19. The Kier molecular flexibility index (Phi) is 84.0. The minimum atomic E-state index is -1.07. The highest BCUT2D eigenvalue weighted by atomic mass is 32.1. The number of amides is 6. The van der Waals surface area contributed by atoms with Crippen LogP contribution in [0.3, 0.4) is 0 Å². The van der Waals surface area contributed by atoms with Crippen LogP contribution in [-0.2, 0) is 97.1 Å². The fraction of sp³-hybridized carbons (Fsp3) is 0.790. The Morgan fingerprint density at radius 3 is 1.29 bits per heavy atom. The zero-order valence-corrected chi connectivity index (χ0v) is 70.9. The van der Waals surface area contributed by atoms with Gasteiger partial charge in [-0.1, -0.05) is 212 Å². The molecule has 0 aromatic heterocycles. The van der Waals surface area contributed by atoms with Crippen molar-refractivity contribution in [1.82, 2.24) is 20.9 Å². The second-order valence-electron chi connectivity index (χ2n) is 27.1. The molecule has 1 aromatic carbocycles. The maximum atomic E-state index is 12.9. The Hall–Kier alpha value is -4.72. The molecule has 109 heavy (non-hydrogen) atoms. The van der Waals surface area contributed by atoms with Crippen molar-refractivity contribution in [3.8, 4) is 0 Å². The van der Waals surface area contributed by atoms with Crippen molar-refractivity contribution in [1.29, 1.82) is 0 Å². The minimum Gasteiger partial charge on any atom is -0.461 e. The highest BCUT2D eigenvalue weighted by Crippen LogP contribution is 2.17. The number of esters is 1. The Labute approximate surface area is 676 Å². The van der Waals surface area contributed by atoms with Crippen LogP contribution in [0.5, 0.6) is 0 Å². The van der Waals surface area contributed by atoms with Gasteiger partial charge in [0, 0.05) is 51.0 Å². The molecular formula is C81H150N6O19S3. The van der Waals surface area contributed by atoms with Crippen LogP contribution in [-0.4, -0.2) is 208 Å². The predicted octanol–water partition coefficient (Wildman–Crippen LogP) is 11.8. The number of nitrogens with zero attached hydrogens (tertiary/aromatic N) is 1. The van der Waals surface area contributed by atoms with E-state index in [1.807, 2.05) is 18.2 Å². The number of hydrogen-bond donors (Lipinski definition) is 5. The van der Waals surface area contributed by atoms with E-state index in [2.05, 4.69) is 36.7 Å². The normalized spacial score (nSPS) is 12.1. The van der Waals surface area contributed by atoms with Gasteiger partial charge in [-0.15, -0.1) is 0 Å². The summed E-state index contributed by atoms with van der Waals surface area (Å²) in [5, 5.41) is 7.66. The Morgan fingerprint density at radius 2 is 0.862 bits per heavy atom. The van der Waals surface area contributed by atoms with Crippen molar-refractivity contribution >= 4 is 93.5 Å². The standard InChI is InChI=1S/C49H78N6O18.C32H66O.3H2S/c1-4-52-44(59)14-13-41(48(51)63)54-45(60)16-18-66-20-22-68-24-26-70-28-30-72-32-31-71-29-27-69-25-23-67-21-19-65-17-8-11-40(56)12-15-46(61)55(35-43(50)58)34-42(57)38(3)53-49(64)37(2)33-47(62)73-36-39-9-6-5-7-10-39;1-4-6-8-10-12-14-16-18-19-20-22-24-26-28-30-32(3)33-31-29-27-25-23-21-17-15-13-11-9-7-5-2;;;/h5-7,9-10,12,15,37-38,41H,4,8,11,13-14,16-36H2,1-3H3,(H2,50,58)(H2,51,63)(H,52,59)(H,53,64)(H,54,60);32H,4-31H2,1-3H3;3*1H2/b15-12+;;;;/t37-,38+,41+;;;;/m1..../s1. The van der Waals surface area contributed by atoms with Crippen LogP contribution in [0.15, 0.2) is 42.5 Å². The highest BCUT2D eigenvalue weighted by molar-refractivity contribution is 7.59. The number of unbranched alkanes of at least 4 members (excludes halogenated alkanes) is 24. The van der Waals surface area contributed by atoms with Gasteiger partial charge in [-0.3, -0.25) is 43.2 Å². The number of ether oxygens (including phenoxy) is 10.